The fourth-order valence-corrected chi connectivity index (χ4v) is 3.30. The van der Waals surface area contributed by atoms with Crippen LogP contribution in [0.25, 0.3) is 0 Å². The largest absolute Gasteiger partial charge is 0.352 e. The van der Waals surface area contributed by atoms with Crippen LogP contribution in [-0.2, 0) is 0 Å². The van der Waals surface area contributed by atoms with Gasteiger partial charge in [0.2, 0.25) is 0 Å². The molecule has 114 valence electrons. The van der Waals surface area contributed by atoms with Crippen molar-refractivity contribution in [2.24, 2.45) is 11.3 Å². The van der Waals surface area contributed by atoms with Crippen molar-refractivity contribution in [2.75, 3.05) is 11.9 Å². The van der Waals surface area contributed by atoms with E-state index in [1.54, 1.807) is 24.3 Å². The van der Waals surface area contributed by atoms with Gasteiger partial charge in [-0.15, -0.1) is 0 Å². The van der Waals surface area contributed by atoms with E-state index in [2.05, 4.69) is 35.1 Å². The lowest BCUT2D eigenvalue weighted by molar-refractivity contribution is 0.0935. The summed E-state index contributed by atoms with van der Waals surface area (Å²) >= 11 is 3.14. The Morgan fingerprint density at radius 1 is 1.24 bits per heavy atom. The van der Waals surface area contributed by atoms with Gasteiger partial charge in [-0.3, -0.25) is 9.59 Å². The first kappa shape index (κ1) is 16.2. The summed E-state index contributed by atoms with van der Waals surface area (Å²) in [7, 11) is 0. The molecule has 4 heteroatoms. The summed E-state index contributed by atoms with van der Waals surface area (Å²) in [5.41, 5.74) is 1.55. The number of ketones is 1. The molecule has 0 aromatic heterocycles. The van der Waals surface area contributed by atoms with Crippen LogP contribution < -0.4 is 5.32 Å². The van der Waals surface area contributed by atoms with E-state index in [-0.39, 0.29) is 11.7 Å². The SMILES string of the molecule is CC1(C)CCCC1CNC(=O)c1ccc(C(=O)CBr)cc1. The van der Waals surface area contributed by atoms with E-state index in [1.807, 2.05) is 0 Å². The van der Waals surface area contributed by atoms with E-state index >= 15 is 0 Å². The second-order valence-corrected chi connectivity index (χ2v) is 6.98. The van der Waals surface area contributed by atoms with Crippen LogP contribution in [0.3, 0.4) is 0 Å². The summed E-state index contributed by atoms with van der Waals surface area (Å²) in [6.45, 7) is 5.28. The van der Waals surface area contributed by atoms with E-state index < -0.39 is 0 Å². The Balaban J connectivity index is 1.93. The number of Topliss-reactive ketones (excluding diaryl/α,β-unsaturated/α-hetero) is 1. The predicted molar refractivity (Wildman–Crippen MR) is 88.0 cm³/mol. The topological polar surface area (TPSA) is 46.2 Å². The lowest BCUT2D eigenvalue weighted by Crippen LogP contribution is -2.33. The van der Waals surface area contributed by atoms with Gasteiger partial charge in [0.15, 0.2) is 5.78 Å². The highest BCUT2D eigenvalue weighted by Crippen LogP contribution is 2.41. The summed E-state index contributed by atoms with van der Waals surface area (Å²) in [5, 5.41) is 3.33. The van der Waals surface area contributed by atoms with Crippen LogP contribution in [0.1, 0.15) is 53.8 Å². The third-order valence-corrected chi connectivity index (χ3v) is 5.09. The van der Waals surface area contributed by atoms with Crippen molar-refractivity contribution < 1.29 is 9.59 Å². The molecule has 1 N–H and O–H groups in total. The van der Waals surface area contributed by atoms with Crippen LogP contribution in [0.2, 0.25) is 0 Å². The van der Waals surface area contributed by atoms with Gasteiger partial charge in [-0.25, -0.2) is 0 Å². The van der Waals surface area contributed by atoms with Crippen LogP contribution in [-0.4, -0.2) is 23.6 Å². The Kier molecular flexibility index (Phi) is 5.20. The fraction of sp³-hybridized carbons (Fsp3) is 0.529. The van der Waals surface area contributed by atoms with Gasteiger partial charge in [0, 0.05) is 17.7 Å². The number of benzene rings is 1. The highest BCUT2D eigenvalue weighted by atomic mass is 79.9. The normalized spacial score (nSPS) is 20.2. The average molecular weight is 352 g/mol. The standard InChI is InChI=1S/C17H22BrNO2/c1-17(2)9-3-4-14(17)11-19-16(21)13-7-5-12(6-8-13)15(20)10-18/h5-8,14H,3-4,9-11H2,1-2H3,(H,19,21). The van der Waals surface area contributed by atoms with Crippen molar-refractivity contribution in [1.82, 2.24) is 5.32 Å². The zero-order chi connectivity index (χ0) is 15.5. The molecule has 1 unspecified atom stereocenters. The quantitative estimate of drug-likeness (QED) is 0.647. The van der Waals surface area contributed by atoms with Crippen molar-refractivity contribution in [3.8, 4) is 0 Å². The van der Waals surface area contributed by atoms with Gasteiger partial charge in [0.1, 0.15) is 0 Å². The van der Waals surface area contributed by atoms with E-state index in [0.29, 0.717) is 27.8 Å². The van der Waals surface area contributed by atoms with Gasteiger partial charge in [-0.05, 0) is 36.3 Å². The van der Waals surface area contributed by atoms with E-state index in [4.69, 9.17) is 0 Å². The second-order valence-electron chi connectivity index (χ2n) is 6.42. The van der Waals surface area contributed by atoms with Crippen molar-refractivity contribution in [3.63, 3.8) is 0 Å². The molecule has 2 rings (SSSR count). The molecule has 3 nitrogen and oxygen atoms in total. The van der Waals surface area contributed by atoms with Crippen LogP contribution in [0.15, 0.2) is 24.3 Å². The second kappa shape index (κ2) is 6.73. The zero-order valence-corrected chi connectivity index (χ0v) is 14.2. The van der Waals surface area contributed by atoms with Crippen molar-refractivity contribution in [3.05, 3.63) is 35.4 Å². The molecule has 0 saturated heterocycles. The molecule has 0 aliphatic heterocycles. The summed E-state index contributed by atoms with van der Waals surface area (Å²) in [5.74, 6) is 0.515. The third kappa shape index (κ3) is 3.94. The average Bonchev–Trinajstić information content (AvgIpc) is 2.82. The zero-order valence-electron chi connectivity index (χ0n) is 12.6. The van der Waals surface area contributed by atoms with Gasteiger partial charge in [0.25, 0.3) is 5.91 Å². The Morgan fingerprint density at radius 3 is 2.38 bits per heavy atom. The number of nitrogens with one attached hydrogen (secondary N) is 1. The Bertz CT molecular complexity index is 522. The maximum atomic E-state index is 12.2. The van der Waals surface area contributed by atoms with Gasteiger partial charge in [-0.2, -0.15) is 0 Å². The van der Waals surface area contributed by atoms with Gasteiger partial charge < -0.3 is 5.32 Å². The molecule has 21 heavy (non-hydrogen) atoms. The van der Waals surface area contributed by atoms with Crippen LogP contribution in [0.4, 0.5) is 0 Å². The first-order valence-electron chi connectivity index (χ1n) is 7.41. The minimum absolute atomic E-state index is 0.0228. The highest BCUT2D eigenvalue weighted by molar-refractivity contribution is 9.09. The monoisotopic (exact) mass is 351 g/mol. The molecule has 1 aromatic rings. The molecule has 1 aliphatic carbocycles. The van der Waals surface area contributed by atoms with Crippen molar-refractivity contribution in [1.29, 1.82) is 0 Å². The van der Waals surface area contributed by atoms with Crippen molar-refractivity contribution >= 4 is 27.6 Å². The van der Waals surface area contributed by atoms with E-state index in [0.717, 1.165) is 6.54 Å². The van der Waals surface area contributed by atoms with Crippen LogP contribution in [0.5, 0.6) is 0 Å². The molecule has 1 saturated carbocycles. The Morgan fingerprint density at radius 2 is 1.86 bits per heavy atom. The number of hydrogen-bond acceptors (Lipinski definition) is 2. The smallest absolute Gasteiger partial charge is 0.251 e. The first-order valence-corrected chi connectivity index (χ1v) is 8.53. The lowest BCUT2D eigenvalue weighted by Gasteiger charge is -2.27. The molecule has 1 fully saturated rings. The van der Waals surface area contributed by atoms with E-state index in [1.165, 1.54) is 19.3 Å². The molecular weight excluding hydrogens is 330 g/mol. The fourth-order valence-electron chi connectivity index (χ4n) is 2.98. The predicted octanol–water partition coefficient (Wildman–Crippen LogP) is 3.82. The number of hydrogen-bond donors (Lipinski definition) is 1. The summed E-state index contributed by atoms with van der Waals surface area (Å²) in [4.78, 5) is 23.7. The summed E-state index contributed by atoms with van der Waals surface area (Å²) < 4.78 is 0. The molecule has 1 aromatic carbocycles. The maximum Gasteiger partial charge on any atom is 0.251 e. The Hall–Kier alpha value is -1.16. The third-order valence-electron chi connectivity index (χ3n) is 4.58. The minimum Gasteiger partial charge on any atom is -0.352 e. The molecule has 1 amide bonds. The van der Waals surface area contributed by atoms with Crippen LogP contribution in [0, 0.1) is 11.3 Å². The molecule has 0 bridgehead atoms. The number of halogens is 1. The van der Waals surface area contributed by atoms with Gasteiger partial charge in [-0.1, -0.05) is 48.3 Å². The van der Waals surface area contributed by atoms with Gasteiger partial charge >= 0.3 is 0 Å². The van der Waals surface area contributed by atoms with Crippen molar-refractivity contribution in [2.45, 2.75) is 33.1 Å². The summed E-state index contributed by atoms with van der Waals surface area (Å²) in [6, 6.07) is 6.84. The van der Waals surface area contributed by atoms with Gasteiger partial charge in [0.05, 0.1) is 5.33 Å². The highest BCUT2D eigenvalue weighted by Gasteiger charge is 2.34. The Labute approximate surface area is 134 Å². The lowest BCUT2D eigenvalue weighted by atomic mass is 9.82. The van der Waals surface area contributed by atoms with E-state index in [9.17, 15) is 9.59 Å². The van der Waals surface area contributed by atoms with Crippen LogP contribution >= 0.6 is 15.9 Å². The maximum absolute atomic E-state index is 12.2. The molecule has 0 heterocycles. The number of carbonyl (C=O) groups is 2. The molecular formula is C17H22BrNO2. The number of amides is 1. The minimum atomic E-state index is -0.0597. The molecule has 0 radical (unpaired) electrons. The molecule has 0 spiro atoms. The molecule has 1 aliphatic rings. The summed E-state index contributed by atoms with van der Waals surface area (Å²) in [6.07, 6.45) is 3.67. The number of alkyl halides is 1. The number of rotatable bonds is 5. The first-order chi connectivity index (χ1) is 9.94. The molecule has 1 atom stereocenters. The number of carbonyl (C=O) groups excluding carboxylic acids is 2.